The second kappa shape index (κ2) is 13.2. The average Bonchev–Trinajstić information content (AvgIpc) is 3.03. The number of hydrogen-bond acceptors (Lipinski definition) is 5. The molecule has 0 aliphatic carbocycles. The van der Waals surface area contributed by atoms with Crippen LogP contribution in [0.1, 0.15) is 34.8 Å². The Morgan fingerprint density at radius 1 is 0.951 bits per heavy atom. The number of carboxylic acid groups (broad SMARTS) is 1. The van der Waals surface area contributed by atoms with Crippen LogP contribution in [-0.2, 0) is 27.3 Å². The number of carboxylic acids is 1. The van der Waals surface area contributed by atoms with Crippen LogP contribution in [0.5, 0.6) is 0 Å². The summed E-state index contributed by atoms with van der Waals surface area (Å²) in [5.74, 6) is -2.75. The molecule has 3 aromatic rings. The highest BCUT2D eigenvalue weighted by atomic mass is 16.4. The average molecular weight is 558 g/mol. The Morgan fingerprint density at radius 3 is 2.27 bits per heavy atom. The molecule has 5 N–H and O–H groups in total. The summed E-state index contributed by atoms with van der Waals surface area (Å²) >= 11 is 0. The van der Waals surface area contributed by atoms with Crippen LogP contribution in [-0.4, -0.2) is 58.4 Å². The Kier molecular flexibility index (Phi) is 9.31. The van der Waals surface area contributed by atoms with E-state index in [-0.39, 0.29) is 24.1 Å². The molecule has 0 unspecified atom stereocenters. The zero-order valence-electron chi connectivity index (χ0n) is 22.4. The molecule has 11 nitrogen and oxygen atoms in total. The van der Waals surface area contributed by atoms with Gasteiger partial charge in [-0.25, -0.2) is 4.79 Å². The van der Waals surface area contributed by atoms with Crippen LogP contribution in [0.2, 0.25) is 0 Å². The van der Waals surface area contributed by atoms with Crippen molar-refractivity contribution < 1.29 is 29.1 Å². The fraction of sp³-hybridized carbons (Fsp3) is 0.233. The third-order valence-electron chi connectivity index (χ3n) is 6.48. The molecule has 0 aromatic heterocycles. The Balaban J connectivity index is 1.56. The predicted octanol–water partition coefficient (Wildman–Crippen LogP) is 2.99. The van der Waals surface area contributed by atoms with Gasteiger partial charge in [0, 0.05) is 24.7 Å². The predicted molar refractivity (Wildman–Crippen MR) is 152 cm³/mol. The van der Waals surface area contributed by atoms with Crippen LogP contribution in [0.15, 0.2) is 78.9 Å². The number of rotatable bonds is 10. The van der Waals surface area contributed by atoms with Gasteiger partial charge in [0.15, 0.2) is 0 Å². The molecule has 1 heterocycles. The molecule has 0 spiro atoms. The monoisotopic (exact) mass is 557 g/mol. The van der Waals surface area contributed by atoms with Crippen molar-refractivity contribution in [1.82, 2.24) is 15.5 Å². The van der Waals surface area contributed by atoms with Crippen molar-refractivity contribution in [2.24, 2.45) is 0 Å². The first kappa shape index (κ1) is 28.8. The summed E-state index contributed by atoms with van der Waals surface area (Å²) < 4.78 is 0. The molecular formula is C30H31N5O6. The summed E-state index contributed by atoms with van der Waals surface area (Å²) in [7, 11) is 0. The molecule has 212 valence electrons. The highest BCUT2D eigenvalue weighted by molar-refractivity contribution is 6.11. The van der Waals surface area contributed by atoms with E-state index >= 15 is 0 Å². The number of benzene rings is 3. The first-order valence-corrected chi connectivity index (χ1v) is 13.1. The minimum absolute atomic E-state index is 0.0983. The van der Waals surface area contributed by atoms with Crippen LogP contribution < -0.4 is 21.3 Å². The van der Waals surface area contributed by atoms with E-state index in [0.29, 0.717) is 12.2 Å². The maximum absolute atomic E-state index is 13.9. The van der Waals surface area contributed by atoms with Gasteiger partial charge >= 0.3 is 12.0 Å². The molecule has 41 heavy (non-hydrogen) atoms. The first-order valence-electron chi connectivity index (χ1n) is 13.1. The number of fused-ring (bicyclic) bond motifs is 1. The molecule has 4 rings (SSSR count). The topological polar surface area (TPSA) is 157 Å². The lowest BCUT2D eigenvalue weighted by Gasteiger charge is -2.29. The van der Waals surface area contributed by atoms with E-state index in [1.54, 1.807) is 13.0 Å². The lowest BCUT2D eigenvalue weighted by atomic mass is 10.0. The van der Waals surface area contributed by atoms with E-state index in [9.17, 15) is 24.0 Å². The van der Waals surface area contributed by atoms with E-state index in [1.165, 1.54) is 17.0 Å². The third kappa shape index (κ3) is 7.91. The van der Waals surface area contributed by atoms with Crippen molar-refractivity contribution in [2.75, 3.05) is 17.2 Å². The largest absolute Gasteiger partial charge is 0.481 e. The van der Waals surface area contributed by atoms with E-state index in [1.807, 2.05) is 60.7 Å². The maximum Gasteiger partial charge on any atom is 0.319 e. The summed E-state index contributed by atoms with van der Waals surface area (Å²) in [6.45, 7) is 1.37. The first-order chi connectivity index (χ1) is 19.7. The highest BCUT2D eigenvalue weighted by Crippen LogP contribution is 2.28. The SMILES string of the molecule is C[C@H](CC(=O)O)NC(=O)CN1C(=O)c2cc(NC(=O)NCc3ccccc3)ccc2NC(=O)[C@@H]1Cc1ccccc1. The lowest BCUT2D eigenvalue weighted by molar-refractivity contribution is -0.137. The summed E-state index contributed by atoms with van der Waals surface area (Å²) in [4.78, 5) is 64.8. The summed E-state index contributed by atoms with van der Waals surface area (Å²) in [6, 6.07) is 20.8. The minimum atomic E-state index is -1.08. The summed E-state index contributed by atoms with van der Waals surface area (Å²) in [5.41, 5.74) is 2.36. The number of nitrogens with zero attached hydrogens (tertiary/aromatic N) is 1. The van der Waals surface area contributed by atoms with E-state index < -0.39 is 48.4 Å². The van der Waals surface area contributed by atoms with Crippen LogP contribution in [0.25, 0.3) is 0 Å². The number of nitrogens with one attached hydrogen (secondary N) is 4. The van der Waals surface area contributed by atoms with Gasteiger partial charge in [0.1, 0.15) is 12.6 Å². The number of amides is 5. The van der Waals surface area contributed by atoms with E-state index in [0.717, 1.165) is 11.1 Å². The van der Waals surface area contributed by atoms with Crippen LogP contribution in [0, 0.1) is 0 Å². The van der Waals surface area contributed by atoms with Crippen LogP contribution >= 0.6 is 0 Å². The van der Waals surface area contributed by atoms with Gasteiger partial charge in [-0.1, -0.05) is 60.7 Å². The smallest absolute Gasteiger partial charge is 0.319 e. The number of hydrogen-bond donors (Lipinski definition) is 5. The molecule has 5 amide bonds. The van der Waals surface area contributed by atoms with Gasteiger partial charge in [0.05, 0.1) is 17.7 Å². The van der Waals surface area contributed by atoms with Crippen molar-refractivity contribution in [3.8, 4) is 0 Å². The Labute approximate surface area is 236 Å². The summed E-state index contributed by atoms with van der Waals surface area (Å²) in [5, 5.41) is 19.8. The Morgan fingerprint density at radius 2 is 1.61 bits per heavy atom. The van der Waals surface area contributed by atoms with Crippen molar-refractivity contribution in [3.05, 3.63) is 95.6 Å². The number of aliphatic carboxylic acids is 1. The van der Waals surface area contributed by atoms with Gasteiger partial charge in [-0.15, -0.1) is 0 Å². The molecule has 0 fully saturated rings. The van der Waals surface area contributed by atoms with Crippen molar-refractivity contribution in [2.45, 2.75) is 38.4 Å². The fourth-order valence-corrected chi connectivity index (χ4v) is 4.53. The highest BCUT2D eigenvalue weighted by Gasteiger charge is 2.37. The second-order valence-corrected chi connectivity index (χ2v) is 9.75. The molecule has 11 heteroatoms. The molecule has 0 saturated heterocycles. The molecular weight excluding hydrogens is 526 g/mol. The zero-order valence-corrected chi connectivity index (χ0v) is 22.4. The van der Waals surface area contributed by atoms with Gasteiger partial charge in [-0.05, 0) is 36.2 Å². The third-order valence-corrected chi connectivity index (χ3v) is 6.48. The van der Waals surface area contributed by atoms with E-state index in [2.05, 4.69) is 21.3 Å². The number of anilines is 2. The van der Waals surface area contributed by atoms with Gasteiger partial charge in [0.25, 0.3) is 5.91 Å². The van der Waals surface area contributed by atoms with Crippen molar-refractivity contribution >= 4 is 41.1 Å². The standard InChI is InChI=1S/C30H31N5O6/c1-19(14-27(37)38)32-26(36)18-35-25(15-20-8-4-2-5-9-20)28(39)34-24-13-12-22(16-23(24)29(35)40)33-30(41)31-17-21-10-6-3-7-11-21/h2-13,16,19,25H,14-15,17-18H2,1H3,(H,32,36)(H,34,39)(H,37,38)(H2,31,33,41)/t19-,25+/m1/s1. The second-order valence-electron chi connectivity index (χ2n) is 9.75. The normalized spacial score (nSPS) is 15.1. The number of carbonyl (C=O) groups is 5. The fourth-order valence-electron chi connectivity index (χ4n) is 4.53. The minimum Gasteiger partial charge on any atom is -0.481 e. The number of carbonyl (C=O) groups excluding carboxylic acids is 4. The molecule has 0 radical (unpaired) electrons. The van der Waals surface area contributed by atoms with Gasteiger partial charge in [-0.3, -0.25) is 19.2 Å². The van der Waals surface area contributed by atoms with Crippen molar-refractivity contribution in [3.63, 3.8) is 0 Å². The van der Waals surface area contributed by atoms with Gasteiger partial charge < -0.3 is 31.3 Å². The van der Waals surface area contributed by atoms with Crippen LogP contribution in [0.3, 0.4) is 0 Å². The quantitative estimate of drug-likeness (QED) is 0.258. The maximum atomic E-state index is 13.9. The van der Waals surface area contributed by atoms with Crippen LogP contribution in [0.4, 0.5) is 16.2 Å². The van der Waals surface area contributed by atoms with E-state index in [4.69, 9.17) is 5.11 Å². The molecule has 1 aliphatic rings. The molecule has 3 aromatic carbocycles. The number of urea groups is 1. The molecule has 0 bridgehead atoms. The lowest BCUT2D eigenvalue weighted by Crippen LogP contribution is -2.51. The zero-order chi connectivity index (χ0) is 29.4. The molecule has 0 saturated carbocycles. The van der Waals surface area contributed by atoms with Crippen molar-refractivity contribution in [1.29, 1.82) is 0 Å². The Hall–Kier alpha value is -5.19. The summed E-state index contributed by atoms with van der Waals surface area (Å²) in [6.07, 6.45) is -0.144. The Bertz CT molecular complexity index is 1430. The molecule has 2 atom stereocenters. The van der Waals surface area contributed by atoms with Gasteiger partial charge in [0.2, 0.25) is 11.8 Å². The molecule has 1 aliphatic heterocycles. The van der Waals surface area contributed by atoms with Gasteiger partial charge in [-0.2, -0.15) is 0 Å².